The molecule has 0 aromatic rings. The molecular formula is C15H32OSi. The summed E-state index contributed by atoms with van der Waals surface area (Å²) in [6.45, 7) is 8.04. The van der Waals surface area contributed by atoms with E-state index in [9.17, 15) is 0 Å². The van der Waals surface area contributed by atoms with Gasteiger partial charge in [-0.1, -0.05) is 40.0 Å². The highest BCUT2D eigenvalue weighted by Crippen LogP contribution is 2.48. The van der Waals surface area contributed by atoms with Crippen molar-refractivity contribution in [3.8, 4) is 0 Å². The van der Waals surface area contributed by atoms with Crippen LogP contribution in [0.4, 0.5) is 0 Å². The first-order valence-corrected chi connectivity index (χ1v) is 8.78. The van der Waals surface area contributed by atoms with E-state index in [1.54, 1.807) is 0 Å². The fourth-order valence-electron chi connectivity index (χ4n) is 3.96. The van der Waals surface area contributed by atoms with Gasteiger partial charge in [-0.3, -0.25) is 0 Å². The second kappa shape index (κ2) is 6.94. The van der Waals surface area contributed by atoms with Gasteiger partial charge in [-0.05, 0) is 43.9 Å². The molecule has 1 aliphatic heterocycles. The smallest absolute Gasteiger partial charge is 0.0540 e. The van der Waals surface area contributed by atoms with Crippen LogP contribution in [0, 0.1) is 5.41 Å². The van der Waals surface area contributed by atoms with E-state index in [0.717, 1.165) is 6.61 Å². The van der Waals surface area contributed by atoms with E-state index in [1.807, 2.05) is 0 Å². The second-order valence-corrected chi connectivity index (χ2v) is 7.68. The topological polar surface area (TPSA) is 9.23 Å². The van der Waals surface area contributed by atoms with Crippen molar-refractivity contribution in [3.63, 3.8) is 0 Å². The molecule has 1 aliphatic rings. The minimum atomic E-state index is 0.285. The lowest BCUT2D eigenvalue weighted by Crippen LogP contribution is -2.53. The van der Waals surface area contributed by atoms with Gasteiger partial charge < -0.3 is 4.74 Å². The quantitative estimate of drug-likeness (QED) is 0.632. The zero-order valence-electron chi connectivity index (χ0n) is 12.5. The van der Waals surface area contributed by atoms with Crippen LogP contribution in [0.25, 0.3) is 0 Å². The van der Waals surface area contributed by atoms with Crippen molar-refractivity contribution in [1.82, 2.24) is 0 Å². The lowest BCUT2D eigenvalue weighted by Gasteiger charge is -2.51. The van der Waals surface area contributed by atoms with Crippen molar-refractivity contribution in [1.29, 1.82) is 0 Å². The Kier molecular flexibility index (Phi) is 6.22. The van der Waals surface area contributed by atoms with Gasteiger partial charge in [0.2, 0.25) is 0 Å². The van der Waals surface area contributed by atoms with Crippen LogP contribution in [-0.2, 0) is 4.74 Å². The summed E-state index contributed by atoms with van der Waals surface area (Å²) in [5, 5.41) is 0.285. The minimum Gasteiger partial charge on any atom is -0.379 e. The van der Waals surface area contributed by atoms with Gasteiger partial charge in [0.25, 0.3) is 0 Å². The highest BCUT2D eigenvalue weighted by atomic mass is 28.1. The van der Waals surface area contributed by atoms with Gasteiger partial charge in [0.05, 0.1) is 5.22 Å². The molecule has 1 atom stereocenters. The van der Waals surface area contributed by atoms with Crippen LogP contribution in [0.1, 0.15) is 78.6 Å². The molecule has 0 N–H and O–H groups in total. The van der Waals surface area contributed by atoms with Crippen LogP contribution >= 0.6 is 0 Å². The van der Waals surface area contributed by atoms with E-state index < -0.39 is 0 Å². The molecule has 2 heteroatoms. The molecule has 1 heterocycles. The third-order valence-electron chi connectivity index (χ3n) is 4.78. The molecule has 1 rings (SSSR count). The fourth-order valence-corrected chi connectivity index (χ4v) is 5.26. The Morgan fingerprint density at radius 1 is 1.00 bits per heavy atom. The van der Waals surface area contributed by atoms with Crippen molar-refractivity contribution in [2.75, 3.05) is 6.61 Å². The Bertz CT molecular complexity index is 192. The van der Waals surface area contributed by atoms with Gasteiger partial charge in [0.15, 0.2) is 0 Å². The van der Waals surface area contributed by atoms with E-state index in [1.165, 1.54) is 68.0 Å². The SMILES string of the molecule is CCCC(CCC)(CCC)C1([SiH3])CCCCO1. The lowest BCUT2D eigenvalue weighted by atomic mass is 9.68. The summed E-state index contributed by atoms with van der Waals surface area (Å²) in [6, 6.07) is 0. The summed E-state index contributed by atoms with van der Waals surface area (Å²) in [6.07, 6.45) is 12.1. The second-order valence-electron chi connectivity index (χ2n) is 6.07. The fraction of sp³-hybridized carbons (Fsp3) is 1.00. The van der Waals surface area contributed by atoms with Crippen LogP contribution < -0.4 is 0 Å². The molecule has 0 saturated carbocycles. The van der Waals surface area contributed by atoms with Crippen molar-refractivity contribution in [2.45, 2.75) is 83.8 Å². The van der Waals surface area contributed by atoms with Gasteiger partial charge in [-0.2, -0.15) is 0 Å². The van der Waals surface area contributed by atoms with E-state index in [-0.39, 0.29) is 5.22 Å². The molecule has 1 saturated heterocycles. The molecule has 0 bridgehead atoms. The normalized spacial score (nSPS) is 26.3. The van der Waals surface area contributed by atoms with Gasteiger partial charge in [0, 0.05) is 16.8 Å². The summed E-state index contributed by atoms with van der Waals surface area (Å²) in [5.74, 6) is 0. The molecule has 1 unspecified atom stereocenters. The van der Waals surface area contributed by atoms with Gasteiger partial charge in [0.1, 0.15) is 0 Å². The monoisotopic (exact) mass is 256 g/mol. The zero-order valence-corrected chi connectivity index (χ0v) is 14.5. The third-order valence-corrected chi connectivity index (χ3v) is 6.63. The molecule has 1 fully saturated rings. The molecule has 0 amide bonds. The standard InChI is InChI=1S/C15H32OSi/c1-4-9-14(10-5-2,11-6-3)15(17)12-7-8-13-16-15/h4-13H2,1-3,17H3. The van der Waals surface area contributed by atoms with Crippen molar-refractivity contribution in [2.24, 2.45) is 5.41 Å². The maximum absolute atomic E-state index is 6.35. The van der Waals surface area contributed by atoms with Crippen LogP contribution in [0.3, 0.4) is 0 Å². The summed E-state index contributed by atoms with van der Waals surface area (Å²) in [4.78, 5) is 0. The first-order valence-electron chi connectivity index (χ1n) is 7.78. The largest absolute Gasteiger partial charge is 0.379 e. The predicted octanol–water partition coefficient (Wildman–Crippen LogP) is 3.64. The third kappa shape index (κ3) is 3.34. The van der Waals surface area contributed by atoms with Crippen LogP contribution in [0.2, 0.25) is 0 Å². The van der Waals surface area contributed by atoms with Crippen LogP contribution in [0.15, 0.2) is 0 Å². The first-order chi connectivity index (χ1) is 8.14. The maximum Gasteiger partial charge on any atom is 0.0540 e. The summed E-state index contributed by atoms with van der Waals surface area (Å²) >= 11 is 0. The Morgan fingerprint density at radius 2 is 1.53 bits per heavy atom. The molecule has 102 valence electrons. The van der Waals surface area contributed by atoms with Crippen molar-refractivity contribution in [3.05, 3.63) is 0 Å². The van der Waals surface area contributed by atoms with E-state index in [4.69, 9.17) is 4.74 Å². The highest BCUT2D eigenvalue weighted by molar-refractivity contribution is 6.15. The minimum absolute atomic E-state index is 0.285. The molecular weight excluding hydrogens is 224 g/mol. The molecule has 1 nitrogen and oxygen atoms in total. The van der Waals surface area contributed by atoms with Crippen molar-refractivity contribution >= 4 is 10.2 Å². The Hall–Kier alpha value is 0.177. The predicted molar refractivity (Wildman–Crippen MR) is 79.6 cm³/mol. The van der Waals surface area contributed by atoms with E-state index in [2.05, 4.69) is 20.8 Å². The average molecular weight is 257 g/mol. The van der Waals surface area contributed by atoms with Crippen LogP contribution in [-0.4, -0.2) is 22.1 Å². The van der Waals surface area contributed by atoms with E-state index >= 15 is 0 Å². The zero-order chi connectivity index (χ0) is 12.8. The highest BCUT2D eigenvalue weighted by Gasteiger charge is 2.47. The number of rotatable bonds is 7. The van der Waals surface area contributed by atoms with Gasteiger partial charge >= 0.3 is 0 Å². The molecule has 17 heavy (non-hydrogen) atoms. The van der Waals surface area contributed by atoms with Crippen LogP contribution in [0.5, 0.6) is 0 Å². The summed E-state index contributed by atoms with van der Waals surface area (Å²) in [7, 11) is 1.21. The van der Waals surface area contributed by atoms with Gasteiger partial charge in [-0.15, -0.1) is 0 Å². The number of hydrogen-bond acceptors (Lipinski definition) is 1. The Balaban J connectivity index is 2.90. The molecule has 0 radical (unpaired) electrons. The first kappa shape index (κ1) is 15.2. The number of ether oxygens (including phenoxy) is 1. The molecule has 0 spiro atoms. The Morgan fingerprint density at radius 3 is 1.88 bits per heavy atom. The molecule has 0 aromatic heterocycles. The Labute approximate surface area is 111 Å². The summed E-state index contributed by atoms with van der Waals surface area (Å²) in [5.41, 5.74) is 0.498. The number of hydrogen-bond donors (Lipinski definition) is 0. The van der Waals surface area contributed by atoms with Crippen molar-refractivity contribution < 1.29 is 4.74 Å². The lowest BCUT2D eigenvalue weighted by molar-refractivity contribution is -0.115. The van der Waals surface area contributed by atoms with E-state index in [0.29, 0.717) is 5.41 Å². The molecule has 0 aromatic carbocycles. The average Bonchev–Trinajstić information content (AvgIpc) is 2.31. The summed E-state index contributed by atoms with van der Waals surface area (Å²) < 4.78 is 6.35. The molecule has 0 aliphatic carbocycles. The maximum atomic E-state index is 6.35. The van der Waals surface area contributed by atoms with Gasteiger partial charge in [-0.25, -0.2) is 0 Å².